The van der Waals surface area contributed by atoms with Crippen LogP contribution in [0.3, 0.4) is 0 Å². The van der Waals surface area contributed by atoms with Gasteiger partial charge in [-0.25, -0.2) is 4.98 Å². The molecule has 1 saturated heterocycles. The fraction of sp³-hybridized carbons (Fsp3) is 0.786. The van der Waals surface area contributed by atoms with Gasteiger partial charge in [0.1, 0.15) is 5.01 Å². The molecule has 0 radical (unpaired) electrons. The first kappa shape index (κ1) is 14.0. The van der Waals surface area contributed by atoms with Gasteiger partial charge in [0.2, 0.25) is 0 Å². The largest absolute Gasteiger partial charge is 0.311 e. The lowest BCUT2D eigenvalue weighted by atomic mass is 9.94. The van der Waals surface area contributed by atoms with Crippen LogP contribution in [-0.2, 0) is 6.54 Å². The molecule has 0 amide bonds. The fourth-order valence-electron chi connectivity index (χ4n) is 2.69. The summed E-state index contributed by atoms with van der Waals surface area (Å²) >= 11 is 1.77. The number of aromatic nitrogens is 1. The lowest BCUT2D eigenvalue weighted by molar-refractivity contribution is 0.0832. The van der Waals surface area contributed by atoms with Gasteiger partial charge in [-0.1, -0.05) is 27.2 Å². The highest BCUT2D eigenvalue weighted by molar-refractivity contribution is 7.09. The van der Waals surface area contributed by atoms with Crippen molar-refractivity contribution in [1.82, 2.24) is 15.2 Å². The van der Waals surface area contributed by atoms with Crippen molar-refractivity contribution in [3.05, 3.63) is 16.6 Å². The quantitative estimate of drug-likeness (QED) is 0.889. The van der Waals surface area contributed by atoms with Crippen LogP contribution in [0.4, 0.5) is 0 Å². The van der Waals surface area contributed by atoms with Crippen molar-refractivity contribution < 1.29 is 0 Å². The predicted octanol–water partition coefficient (Wildman–Crippen LogP) is 2.74. The first-order chi connectivity index (χ1) is 8.74. The molecule has 3 atom stereocenters. The molecule has 1 N–H and O–H groups in total. The van der Waals surface area contributed by atoms with Crippen LogP contribution in [0.15, 0.2) is 11.6 Å². The second-order valence-corrected chi connectivity index (χ2v) is 6.30. The normalized spacial score (nSPS) is 27.3. The second kappa shape index (κ2) is 6.64. The molecule has 0 aliphatic carbocycles. The number of hydrogen-bond acceptors (Lipinski definition) is 4. The van der Waals surface area contributed by atoms with Gasteiger partial charge in [-0.2, -0.15) is 0 Å². The maximum Gasteiger partial charge on any atom is 0.107 e. The third kappa shape index (κ3) is 3.31. The van der Waals surface area contributed by atoms with Crippen LogP contribution in [0.1, 0.15) is 38.6 Å². The first-order valence-corrected chi connectivity index (χ1v) is 7.98. The summed E-state index contributed by atoms with van der Waals surface area (Å²) in [5.74, 6) is 0.746. The fourth-order valence-corrected chi connectivity index (χ4v) is 3.33. The lowest BCUT2D eigenvalue weighted by Crippen LogP contribution is -2.57. The highest BCUT2D eigenvalue weighted by Crippen LogP contribution is 2.21. The SMILES string of the molecule is CCC1CN(Cc2nccs2)C(C(C)CC)CN1. The van der Waals surface area contributed by atoms with Crippen LogP contribution in [0.5, 0.6) is 0 Å². The minimum absolute atomic E-state index is 0.644. The van der Waals surface area contributed by atoms with Gasteiger partial charge in [-0.3, -0.25) is 4.90 Å². The molecule has 1 aromatic rings. The van der Waals surface area contributed by atoms with Crippen molar-refractivity contribution in [3.63, 3.8) is 0 Å². The van der Waals surface area contributed by atoms with Crippen molar-refractivity contribution in [2.45, 2.75) is 52.2 Å². The molecule has 3 nitrogen and oxygen atoms in total. The predicted molar refractivity (Wildman–Crippen MR) is 77.8 cm³/mol. The van der Waals surface area contributed by atoms with Gasteiger partial charge in [-0.15, -0.1) is 11.3 Å². The Morgan fingerprint density at radius 2 is 2.39 bits per heavy atom. The molecule has 0 bridgehead atoms. The van der Waals surface area contributed by atoms with Crippen molar-refractivity contribution in [2.24, 2.45) is 5.92 Å². The van der Waals surface area contributed by atoms with E-state index >= 15 is 0 Å². The Morgan fingerprint density at radius 3 is 3.00 bits per heavy atom. The topological polar surface area (TPSA) is 28.2 Å². The van der Waals surface area contributed by atoms with Crippen LogP contribution in [-0.4, -0.2) is 35.1 Å². The molecule has 3 unspecified atom stereocenters. The van der Waals surface area contributed by atoms with E-state index in [-0.39, 0.29) is 0 Å². The van der Waals surface area contributed by atoms with Crippen LogP contribution in [0, 0.1) is 5.92 Å². The first-order valence-electron chi connectivity index (χ1n) is 7.10. The smallest absolute Gasteiger partial charge is 0.107 e. The van der Waals surface area contributed by atoms with Crippen molar-refractivity contribution in [3.8, 4) is 0 Å². The molecule has 0 saturated carbocycles. The number of rotatable bonds is 5. The van der Waals surface area contributed by atoms with Gasteiger partial charge < -0.3 is 5.32 Å². The number of hydrogen-bond donors (Lipinski definition) is 1. The number of thiazole rings is 1. The molecular formula is C14H25N3S. The molecule has 0 spiro atoms. The minimum Gasteiger partial charge on any atom is -0.311 e. The van der Waals surface area contributed by atoms with E-state index in [4.69, 9.17) is 0 Å². The highest BCUT2D eigenvalue weighted by Gasteiger charge is 2.30. The van der Waals surface area contributed by atoms with Gasteiger partial charge in [-0.05, 0) is 12.3 Å². The molecule has 18 heavy (non-hydrogen) atoms. The maximum absolute atomic E-state index is 4.44. The minimum atomic E-state index is 0.644. The van der Waals surface area contributed by atoms with E-state index in [0.29, 0.717) is 12.1 Å². The summed E-state index contributed by atoms with van der Waals surface area (Å²) in [7, 11) is 0. The Kier molecular flexibility index (Phi) is 5.15. The molecule has 1 aromatic heterocycles. The zero-order valence-corrected chi connectivity index (χ0v) is 12.5. The Morgan fingerprint density at radius 1 is 1.56 bits per heavy atom. The van der Waals surface area contributed by atoms with Gasteiger partial charge in [0, 0.05) is 36.8 Å². The molecule has 1 aliphatic rings. The monoisotopic (exact) mass is 267 g/mol. The van der Waals surface area contributed by atoms with E-state index in [0.717, 1.165) is 25.6 Å². The van der Waals surface area contributed by atoms with Gasteiger partial charge >= 0.3 is 0 Å². The van der Waals surface area contributed by atoms with Gasteiger partial charge in [0.15, 0.2) is 0 Å². The van der Waals surface area contributed by atoms with Crippen LogP contribution < -0.4 is 5.32 Å². The Balaban J connectivity index is 2.03. The third-order valence-corrected chi connectivity index (χ3v) is 4.92. The molecule has 2 heterocycles. The molecule has 102 valence electrons. The summed E-state index contributed by atoms with van der Waals surface area (Å²) in [6.45, 7) is 10.2. The molecule has 1 aliphatic heterocycles. The molecule has 1 fully saturated rings. The number of nitrogens with one attached hydrogen (secondary N) is 1. The van der Waals surface area contributed by atoms with Crippen molar-refractivity contribution >= 4 is 11.3 Å². The Hall–Kier alpha value is -0.450. The summed E-state index contributed by atoms with van der Waals surface area (Å²) in [5, 5.41) is 7.01. The molecule has 2 rings (SSSR count). The van der Waals surface area contributed by atoms with Crippen LogP contribution >= 0.6 is 11.3 Å². The van der Waals surface area contributed by atoms with Gasteiger partial charge in [0.25, 0.3) is 0 Å². The van der Waals surface area contributed by atoms with E-state index < -0.39 is 0 Å². The summed E-state index contributed by atoms with van der Waals surface area (Å²) in [4.78, 5) is 7.07. The third-order valence-electron chi connectivity index (χ3n) is 4.15. The highest BCUT2D eigenvalue weighted by atomic mass is 32.1. The van der Waals surface area contributed by atoms with Crippen molar-refractivity contribution in [1.29, 1.82) is 0 Å². The molecule has 4 heteroatoms. The Bertz CT molecular complexity index is 339. The van der Waals surface area contributed by atoms with E-state index in [1.54, 1.807) is 11.3 Å². The maximum atomic E-state index is 4.44. The average Bonchev–Trinajstić information content (AvgIpc) is 2.90. The lowest BCUT2D eigenvalue weighted by Gasteiger charge is -2.42. The summed E-state index contributed by atoms with van der Waals surface area (Å²) in [5.41, 5.74) is 0. The number of nitrogens with zero attached hydrogens (tertiary/aromatic N) is 2. The van der Waals surface area contributed by atoms with E-state index in [1.807, 2.05) is 6.20 Å². The summed E-state index contributed by atoms with van der Waals surface area (Å²) < 4.78 is 0. The van der Waals surface area contributed by atoms with Gasteiger partial charge in [0.05, 0.1) is 6.54 Å². The molecule has 0 aromatic carbocycles. The zero-order valence-electron chi connectivity index (χ0n) is 11.7. The van der Waals surface area contributed by atoms with E-state index in [9.17, 15) is 0 Å². The average molecular weight is 267 g/mol. The Labute approximate surface area is 115 Å². The van der Waals surface area contributed by atoms with E-state index in [2.05, 4.69) is 41.4 Å². The molecular weight excluding hydrogens is 242 g/mol. The van der Waals surface area contributed by atoms with E-state index in [1.165, 1.54) is 17.8 Å². The zero-order chi connectivity index (χ0) is 13.0. The number of piperazine rings is 1. The summed E-state index contributed by atoms with van der Waals surface area (Å²) in [6.07, 6.45) is 4.37. The standard InChI is InChI=1S/C14H25N3S/c1-4-11(3)13-8-16-12(5-2)9-17(13)10-14-15-6-7-18-14/h6-7,11-13,16H,4-5,8-10H2,1-3H3. The van der Waals surface area contributed by atoms with Crippen LogP contribution in [0.25, 0.3) is 0 Å². The summed E-state index contributed by atoms with van der Waals surface area (Å²) in [6, 6.07) is 1.30. The second-order valence-electron chi connectivity index (χ2n) is 5.32. The van der Waals surface area contributed by atoms with Crippen LogP contribution in [0.2, 0.25) is 0 Å². The van der Waals surface area contributed by atoms with Crippen molar-refractivity contribution in [2.75, 3.05) is 13.1 Å².